The normalized spacial score (nSPS) is 12.1. The van der Waals surface area contributed by atoms with E-state index in [0.717, 1.165) is 5.56 Å². The van der Waals surface area contributed by atoms with Crippen LogP contribution in [0.4, 0.5) is 5.69 Å². The highest BCUT2D eigenvalue weighted by atomic mass is 16.4. The van der Waals surface area contributed by atoms with E-state index in [1.54, 1.807) is 49.4 Å². The molecular weight excluding hydrogens is 360 g/mol. The summed E-state index contributed by atoms with van der Waals surface area (Å²) in [5.74, 6) is -2.15. The quantitative estimate of drug-likeness (QED) is 0.330. The third-order valence-electron chi connectivity index (χ3n) is 3.85. The molecule has 146 valence electrons. The van der Waals surface area contributed by atoms with Crippen molar-refractivity contribution in [3.8, 4) is 0 Å². The Bertz CT molecular complexity index is 877. The molecular formula is C20H22N4O4. The molecule has 0 radical (unpaired) electrons. The topological polar surface area (TPSA) is 134 Å². The van der Waals surface area contributed by atoms with Crippen LogP contribution in [-0.2, 0) is 9.59 Å². The minimum Gasteiger partial charge on any atom is -0.481 e. The molecule has 2 amide bonds. The van der Waals surface area contributed by atoms with Crippen molar-refractivity contribution in [3.63, 3.8) is 0 Å². The highest BCUT2D eigenvalue weighted by Gasteiger charge is 2.19. The number of carbonyl (C=O) groups excluding carboxylic acids is 2. The summed E-state index contributed by atoms with van der Waals surface area (Å²) < 4.78 is 0. The maximum absolute atomic E-state index is 12.2. The maximum Gasteiger partial charge on any atom is 0.303 e. The van der Waals surface area contributed by atoms with Crippen molar-refractivity contribution in [2.45, 2.75) is 25.7 Å². The van der Waals surface area contributed by atoms with Gasteiger partial charge in [0.2, 0.25) is 5.91 Å². The monoisotopic (exact) mass is 382 g/mol. The number of amides is 2. The van der Waals surface area contributed by atoms with Crippen molar-refractivity contribution < 1.29 is 19.5 Å². The number of aliphatic carboxylic acids is 1. The SMILES string of the molecule is CC(N)=Nc1cccc(C(=O)NNC(=O)CC(CC(=O)O)c2ccccc2)c1. The number of amidine groups is 1. The summed E-state index contributed by atoms with van der Waals surface area (Å²) in [7, 11) is 0. The number of carboxylic acid groups (broad SMARTS) is 1. The van der Waals surface area contributed by atoms with Crippen LogP contribution in [0.1, 0.15) is 41.6 Å². The molecule has 0 spiro atoms. The van der Waals surface area contributed by atoms with Gasteiger partial charge >= 0.3 is 5.97 Å². The molecule has 0 bridgehead atoms. The number of benzene rings is 2. The fourth-order valence-corrected chi connectivity index (χ4v) is 2.64. The van der Waals surface area contributed by atoms with Crippen LogP contribution in [0.2, 0.25) is 0 Å². The summed E-state index contributed by atoms with van der Waals surface area (Å²) in [4.78, 5) is 39.6. The van der Waals surface area contributed by atoms with Crippen LogP contribution in [0.3, 0.4) is 0 Å². The number of carbonyl (C=O) groups is 3. The average Bonchev–Trinajstić information content (AvgIpc) is 2.65. The second-order valence-corrected chi connectivity index (χ2v) is 6.22. The molecule has 0 aliphatic carbocycles. The van der Waals surface area contributed by atoms with Crippen LogP contribution in [0.15, 0.2) is 59.6 Å². The Kier molecular flexibility index (Phi) is 7.27. The Labute approximate surface area is 162 Å². The number of carboxylic acids is 1. The minimum atomic E-state index is -1.00. The molecule has 1 atom stereocenters. The molecule has 2 rings (SSSR count). The number of aliphatic imine (C=N–C) groups is 1. The second kappa shape index (κ2) is 9.86. The second-order valence-electron chi connectivity index (χ2n) is 6.22. The number of nitrogens with two attached hydrogens (primary N) is 1. The molecule has 28 heavy (non-hydrogen) atoms. The maximum atomic E-state index is 12.2. The largest absolute Gasteiger partial charge is 0.481 e. The predicted octanol–water partition coefficient (Wildman–Crippen LogP) is 2.10. The number of rotatable bonds is 7. The van der Waals surface area contributed by atoms with E-state index >= 15 is 0 Å². The molecule has 0 aliphatic heterocycles. The summed E-state index contributed by atoms with van der Waals surface area (Å²) in [5.41, 5.74) is 11.7. The van der Waals surface area contributed by atoms with E-state index < -0.39 is 23.7 Å². The van der Waals surface area contributed by atoms with E-state index in [4.69, 9.17) is 10.8 Å². The Morgan fingerprint density at radius 2 is 1.75 bits per heavy atom. The molecule has 2 aromatic carbocycles. The highest BCUT2D eigenvalue weighted by molar-refractivity contribution is 5.96. The van der Waals surface area contributed by atoms with Crippen LogP contribution in [0.5, 0.6) is 0 Å². The smallest absolute Gasteiger partial charge is 0.303 e. The fourth-order valence-electron chi connectivity index (χ4n) is 2.64. The summed E-state index contributed by atoms with van der Waals surface area (Å²) in [5, 5.41) is 9.09. The lowest BCUT2D eigenvalue weighted by Crippen LogP contribution is -2.42. The van der Waals surface area contributed by atoms with Gasteiger partial charge in [-0.1, -0.05) is 36.4 Å². The molecule has 0 saturated carbocycles. The minimum absolute atomic E-state index is 0.0761. The Morgan fingerprint density at radius 3 is 2.39 bits per heavy atom. The standard InChI is InChI=1S/C20H22N4O4/c1-13(21)22-17-9-5-8-15(10-17)20(28)24-23-18(25)11-16(12-19(26)27)14-6-3-2-4-7-14/h2-10,16H,11-12H2,1H3,(H2,21,22)(H,23,25)(H,24,28)(H,26,27). The van der Waals surface area contributed by atoms with Gasteiger partial charge in [0.1, 0.15) is 0 Å². The molecule has 1 unspecified atom stereocenters. The van der Waals surface area contributed by atoms with Gasteiger partial charge in [-0.25, -0.2) is 4.99 Å². The van der Waals surface area contributed by atoms with E-state index in [-0.39, 0.29) is 12.8 Å². The Hall–Kier alpha value is -3.68. The first-order valence-corrected chi connectivity index (χ1v) is 8.62. The van der Waals surface area contributed by atoms with Gasteiger partial charge in [-0.3, -0.25) is 25.2 Å². The van der Waals surface area contributed by atoms with Gasteiger partial charge in [0.15, 0.2) is 0 Å². The lowest BCUT2D eigenvalue weighted by atomic mass is 9.92. The molecule has 8 heteroatoms. The van der Waals surface area contributed by atoms with Gasteiger partial charge in [-0.15, -0.1) is 0 Å². The zero-order chi connectivity index (χ0) is 20.5. The van der Waals surface area contributed by atoms with E-state index in [9.17, 15) is 14.4 Å². The lowest BCUT2D eigenvalue weighted by Gasteiger charge is -2.15. The van der Waals surface area contributed by atoms with Crippen molar-refractivity contribution in [2.24, 2.45) is 10.7 Å². The molecule has 0 saturated heterocycles. The fraction of sp³-hybridized carbons (Fsp3) is 0.200. The molecule has 2 aromatic rings. The van der Waals surface area contributed by atoms with Crippen LogP contribution >= 0.6 is 0 Å². The van der Waals surface area contributed by atoms with E-state index in [1.807, 2.05) is 6.07 Å². The number of hydrogen-bond donors (Lipinski definition) is 4. The van der Waals surface area contributed by atoms with Gasteiger partial charge in [-0.2, -0.15) is 0 Å². The van der Waals surface area contributed by atoms with Crippen LogP contribution in [0.25, 0.3) is 0 Å². The van der Waals surface area contributed by atoms with Gasteiger partial charge in [-0.05, 0) is 30.7 Å². The van der Waals surface area contributed by atoms with Gasteiger partial charge in [0, 0.05) is 17.9 Å². The van der Waals surface area contributed by atoms with Crippen LogP contribution < -0.4 is 16.6 Å². The van der Waals surface area contributed by atoms with Gasteiger partial charge in [0.25, 0.3) is 5.91 Å². The number of nitrogens with one attached hydrogen (secondary N) is 2. The average molecular weight is 382 g/mol. The summed E-state index contributed by atoms with van der Waals surface area (Å²) in [6.45, 7) is 1.63. The highest BCUT2D eigenvalue weighted by Crippen LogP contribution is 2.23. The van der Waals surface area contributed by atoms with Gasteiger partial charge in [0.05, 0.1) is 17.9 Å². The number of hydrogen-bond acceptors (Lipinski definition) is 4. The third-order valence-corrected chi connectivity index (χ3v) is 3.85. The number of nitrogens with zero attached hydrogens (tertiary/aromatic N) is 1. The zero-order valence-corrected chi connectivity index (χ0v) is 15.4. The van der Waals surface area contributed by atoms with Crippen molar-refractivity contribution in [1.82, 2.24) is 10.9 Å². The first-order valence-electron chi connectivity index (χ1n) is 8.62. The van der Waals surface area contributed by atoms with Crippen molar-refractivity contribution in [2.75, 3.05) is 0 Å². The summed E-state index contributed by atoms with van der Waals surface area (Å²) in [6.07, 6.45) is -0.267. The van der Waals surface area contributed by atoms with Crippen LogP contribution in [0, 0.1) is 0 Å². The predicted molar refractivity (Wildman–Crippen MR) is 105 cm³/mol. The molecule has 0 aromatic heterocycles. The van der Waals surface area contributed by atoms with Gasteiger partial charge < -0.3 is 10.8 Å². The molecule has 0 heterocycles. The molecule has 5 N–H and O–H groups in total. The summed E-state index contributed by atoms with van der Waals surface area (Å²) >= 11 is 0. The molecule has 8 nitrogen and oxygen atoms in total. The number of hydrazine groups is 1. The third kappa shape index (κ3) is 6.56. The van der Waals surface area contributed by atoms with Crippen molar-refractivity contribution in [1.29, 1.82) is 0 Å². The summed E-state index contributed by atoms with van der Waals surface area (Å²) in [6, 6.07) is 15.4. The molecule has 0 aliphatic rings. The molecule has 0 fully saturated rings. The zero-order valence-electron chi connectivity index (χ0n) is 15.4. The van der Waals surface area contributed by atoms with Crippen molar-refractivity contribution in [3.05, 3.63) is 65.7 Å². The van der Waals surface area contributed by atoms with E-state index in [1.165, 1.54) is 6.07 Å². The van der Waals surface area contributed by atoms with E-state index in [2.05, 4.69) is 15.8 Å². The first kappa shape index (κ1) is 20.6. The Balaban J connectivity index is 1.97. The van der Waals surface area contributed by atoms with Crippen LogP contribution in [-0.4, -0.2) is 28.7 Å². The van der Waals surface area contributed by atoms with Crippen molar-refractivity contribution >= 4 is 29.3 Å². The van der Waals surface area contributed by atoms with E-state index in [0.29, 0.717) is 17.1 Å². The Morgan fingerprint density at radius 1 is 1.04 bits per heavy atom. The first-order chi connectivity index (χ1) is 13.3. The lowest BCUT2D eigenvalue weighted by molar-refractivity contribution is -0.137.